The number of nitrogens with zero attached hydrogens (tertiary/aromatic N) is 1. The number of thiazole rings is 1. The van der Waals surface area contributed by atoms with Crippen molar-refractivity contribution in [3.63, 3.8) is 0 Å². The monoisotopic (exact) mass is 290 g/mol. The van der Waals surface area contributed by atoms with E-state index in [-0.39, 0.29) is 6.03 Å². The van der Waals surface area contributed by atoms with Gasteiger partial charge in [-0.1, -0.05) is 25.5 Å². The number of carbonyl (C=O) groups is 1. The standard InChI is InChI=1S/C14H18N4OS/c1-2-3-7-16-13(19)18-14-17-12(9-20-14)10-5-4-6-11(15)8-10/h4-6,8-9H,2-3,7,15H2,1H3,(H2,16,17,18,19). The smallest absolute Gasteiger partial charge is 0.321 e. The number of nitrogen functional groups attached to an aromatic ring is 1. The largest absolute Gasteiger partial charge is 0.399 e. The lowest BCUT2D eigenvalue weighted by molar-refractivity contribution is 0.252. The first-order valence-corrected chi connectivity index (χ1v) is 7.43. The van der Waals surface area contributed by atoms with Crippen LogP contribution in [-0.4, -0.2) is 17.6 Å². The Morgan fingerprint density at radius 1 is 1.45 bits per heavy atom. The zero-order valence-corrected chi connectivity index (χ0v) is 12.2. The van der Waals surface area contributed by atoms with Gasteiger partial charge in [-0.2, -0.15) is 0 Å². The fourth-order valence-corrected chi connectivity index (χ4v) is 2.40. The summed E-state index contributed by atoms with van der Waals surface area (Å²) < 4.78 is 0. The highest BCUT2D eigenvalue weighted by Gasteiger charge is 2.07. The third kappa shape index (κ3) is 3.96. The number of nitrogens with one attached hydrogen (secondary N) is 2. The highest BCUT2D eigenvalue weighted by atomic mass is 32.1. The molecule has 0 unspecified atom stereocenters. The maximum Gasteiger partial charge on any atom is 0.321 e. The van der Waals surface area contributed by atoms with Crippen molar-refractivity contribution in [2.75, 3.05) is 17.6 Å². The molecule has 1 heterocycles. The lowest BCUT2D eigenvalue weighted by Gasteiger charge is -2.03. The van der Waals surface area contributed by atoms with E-state index in [9.17, 15) is 4.79 Å². The van der Waals surface area contributed by atoms with Gasteiger partial charge in [0.1, 0.15) is 0 Å². The Labute approximate surface area is 122 Å². The fourth-order valence-electron chi connectivity index (χ4n) is 1.68. The van der Waals surface area contributed by atoms with E-state index in [0.29, 0.717) is 17.4 Å². The van der Waals surface area contributed by atoms with Crippen molar-refractivity contribution in [3.05, 3.63) is 29.6 Å². The molecular formula is C14H18N4OS. The van der Waals surface area contributed by atoms with Crippen molar-refractivity contribution in [2.45, 2.75) is 19.8 Å². The molecule has 0 fully saturated rings. The van der Waals surface area contributed by atoms with Gasteiger partial charge in [0.05, 0.1) is 5.69 Å². The van der Waals surface area contributed by atoms with Crippen molar-refractivity contribution in [2.24, 2.45) is 0 Å². The van der Waals surface area contributed by atoms with Crippen LogP contribution in [0.25, 0.3) is 11.3 Å². The van der Waals surface area contributed by atoms with Crippen molar-refractivity contribution in [3.8, 4) is 11.3 Å². The Morgan fingerprint density at radius 2 is 2.30 bits per heavy atom. The third-order valence-electron chi connectivity index (χ3n) is 2.72. The number of benzene rings is 1. The molecule has 1 aromatic heterocycles. The Kier molecular flexibility index (Phi) is 4.95. The quantitative estimate of drug-likeness (QED) is 0.584. The summed E-state index contributed by atoms with van der Waals surface area (Å²) in [7, 11) is 0. The number of unbranched alkanes of at least 4 members (excludes halogenated alkanes) is 1. The van der Waals surface area contributed by atoms with Gasteiger partial charge in [-0.3, -0.25) is 5.32 Å². The summed E-state index contributed by atoms with van der Waals surface area (Å²) >= 11 is 1.39. The second-order valence-electron chi connectivity index (χ2n) is 4.40. The minimum Gasteiger partial charge on any atom is -0.399 e. The van der Waals surface area contributed by atoms with E-state index < -0.39 is 0 Å². The first kappa shape index (κ1) is 14.3. The van der Waals surface area contributed by atoms with Crippen LogP contribution in [0.2, 0.25) is 0 Å². The summed E-state index contributed by atoms with van der Waals surface area (Å²) in [6, 6.07) is 7.30. The molecule has 0 bridgehead atoms. The molecule has 0 spiro atoms. The minimum atomic E-state index is -0.216. The summed E-state index contributed by atoms with van der Waals surface area (Å²) in [5.74, 6) is 0. The minimum absolute atomic E-state index is 0.216. The van der Waals surface area contributed by atoms with Crippen molar-refractivity contribution in [1.82, 2.24) is 10.3 Å². The molecule has 5 nitrogen and oxygen atoms in total. The van der Waals surface area contributed by atoms with Gasteiger partial charge in [0, 0.05) is 23.2 Å². The Balaban J connectivity index is 1.97. The van der Waals surface area contributed by atoms with Crippen LogP contribution in [0.5, 0.6) is 0 Å². The first-order chi connectivity index (χ1) is 9.69. The number of amides is 2. The number of carbonyl (C=O) groups excluding carboxylic acids is 1. The Bertz CT molecular complexity index is 582. The van der Waals surface area contributed by atoms with Gasteiger partial charge in [0.25, 0.3) is 0 Å². The zero-order valence-electron chi connectivity index (χ0n) is 11.3. The van der Waals surface area contributed by atoms with Gasteiger partial charge in [0.15, 0.2) is 5.13 Å². The predicted molar refractivity (Wildman–Crippen MR) is 83.9 cm³/mol. The molecule has 0 radical (unpaired) electrons. The molecule has 0 aliphatic carbocycles. The SMILES string of the molecule is CCCCNC(=O)Nc1nc(-c2cccc(N)c2)cs1. The molecule has 4 N–H and O–H groups in total. The summed E-state index contributed by atoms with van der Waals surface area (Å²) in [5.41, 5.74) is 8.20. The molecule has 0 aliphatic rings. The van der Waals surface area contributed by atoms with Gasteiger partial charge in [-0.25, -0.2) is 9.78 Å². The second-order valence-corrected chi connectivity index (χ2v) is 5.26. The summed E-state index contributed by atoms with van der Waals surface area (Å²) in [6.45, 7) is 2.76. The highest BCUT2D eigenvalue weighted by molar-refractivity contribution is 7.14. The molecule has 1 aromatic carbocycles. The van der Waals surface area contributed by atoms with Crippen LogP contribution in [0.3, 0.4) is 0 Å². The van der Waals surface area contributed by atoms with Crippen molar-refractivity contribution < 1.29 is 4.79 Å². The van der Waals surface area contributed by atoms with E-state index in [2.05, 4.69) is 22.5 Å². The van der Waals surface area contributed by atoms with Crippen LogP contribution in [0.1, 0.15) is 19.8 Å². The average molecular weight is 290 g/mol. The van der Waals surface area contributed by atoms with Crippen molar-refractivity contribution in [1.29, 1.82) is 0 Å². The lowest BCUT2D eigenvalue weighted by atomic mass is 10.1. The second kappa shape index (κ2) is 6.91. The number of hydrogen-bond donors (Lipinski definition) is 3. The molecule has 0 saturated carbocycles. The van der Waals surface area contributed by atoms with Crippen molar-refractivity contribution >= 4 is 28.2 Å². The van der Waals surface area contributed by atoms with Crippen LogP contribution >= 0.6 is 11.3 Å². The van der Waals surface area contributed by atoms with E-state index in [4.69, 9.17) is 5.73 Å². The predicted octanol–water partition coefficient (Wildman–Crippen LogP) is 3.31. The Morgan fingerprint density at radius 3 is 3.05 bits per heavy atom. The van der Waals surface area contributed by atoms with Crippen LogP contribution in [0.4, 0.5) is 15.6 Å². The normalized spacial score (nSPS) is 10.2. The molecule has 2 aromatic rings. The molecule has 2 rings (SSSR count). The number of aromatic nitrogens is 1. The average Bonchev–Trinajstić information content (AvgIpc) is 2.87. The number of rotatable bonds is 5. The highest BCUT2D eigenvalue weighted by Crippen LogP contribution is 2.25. The van der Waals surface area contributed by atoms with Crippen LogP contribution in [0.15, 0.2) is 29.6 Å². The van der Waals surface area contributed by atoms with E-state index >= 15 is 0 Å². The molecule has 0 saturated heterocycles. The molecule has 0 aliphatic heterocycles. The maximum absolute atomic E-state index is 11.6. The number of nitrogens with two attached hydrogens (primary N) is 1. The summed E-state index contributed by atoms with van der Waals surface area (Å²) in [5, 5.41) is 8.00. The lowest BCUT2D eigenvalue weighted by Crippen LogP contribution is -2.29. The number of anilines is 2. The van der Waals surface area contributed by atoms with Crippen LogP contribution in [-0.2, 0) is 0 Å². The summed E-state index contributed by atoms with van der Waals surface area (Å²) in [4.78, 5) is 16.0. The number of hydrogen-bond acceptors (Lipinski definition) is 4. The number of urea groups is 1. The van der Waals surface area contributed by atoms with Gasteiger partial charge < -0.3 is 11.1 Å². The first-order valence-electron chi connectivity index (χ1n) is 6.55. The van der Waals surface area contributed by atoms with Gasteiger partial charge in [0.2, 0.25) is 0 Å². The maximum atomic E-state index is 11.6. The van der Waals surface area contributed by atoms with E-state index in [0.717, 1.165) is 24.1 Å². The van der Waals surface area contributed by atoms with Gasteiger partial charge >= 0.3 is 6.03 Å². The van der Waals surface area contributed by atoms with E-state index in [1.807, 2.05) is 29.6 Å². The molecule has 20 heavy (non-hydrogen) atoms. The molecule has 0 atom stereocenters. The van der Waals surface area contributed by atoms with Gasteiger partial charge in [-0.15, -0.1) is 11.3 Å². The van der Waals surface area contributed by atoms with Crippen LogP contribution < -0.4 is 16.4 Å². The molecule has 2 amide bonds. The molecular weight excluding hydrogens is 272 g/mol. The van der Waals surface area contributed by atoms with Crippen LogP contribution in [0, 0.1) is 0 Å². The molecule has 106 valence electrons. The molecule has 6 heteroatoms. The summed E-state index contributed by atoms with van der Waals surface area (Å²) in [6.07, 6.45) is 2.02. The third-order valence-corrected chi connectivity index (χ3v) is 3.48. The van der Waals surface area contributed by atoms with E-state index in [1.165, 1.54) is 11.3 Å². The van der Waals surface area contributed by atoms with E-state index in [1.54, 1.807) is 0 Å². The Hall–Kier alpha value is -2.08. The van der Waals surface area contributed by atoms with Gasteiger partial charge in [-0.05, 0) is 18.6 Å². The zero-order chi connectivity index (χ0) is 14.4. The topological polar surface area (TPSA) is 80.0 Å². The fraction of sp³-hybridized carbons (Fsp3) is 0.286.